The number of fused-ring (bicyclic) bond motifs is 2. The number of nitrogens with one attached hydrogen (secondary N) is 2. The molecule has 0 spiro atoms. The third-order valence-electron chi connectivity index (χ3n) is 7.75. The zero-order valence-electron chi connectivity index (χ0n) is 19.6. The van der Waals surface area contributed by atoms with E-state index in [9.17, 15) is 4.79 Å². The van der Waals surface area contributed by atoms with Crippen molar-refractivity contribution in [2.24, 2.45) is 11.8 Å². The zero-order valence-corrected chi connectivity index (χ0v) is 20.3. The number of amides is 1. The molecule has 2 aromatic rings. The Morgan fingerprint density at radius 1 is 1.12 bits per heavy atom. The molecule has 1 aliphatic carbocycles. The minimum atomic E-state index is 0.115. The molecule has 5 nitrogen and oxygen atoms in total. The summed E-state index contributed by atoms with van der Waals surface area (Å²) in [6, 6.07) is 8.76. The summed E-state index contributed by atoms with van der Waals surface area (Å²) < 4.78 is 0. The molecule has 1 amide bonds. The Balaban J connectivity index is 1.30. The van der Waals surface area contributed by atoms with Gasteiger partial charge in [-0.1, -0.05) is 23.7 Å². The van der Waals surface area contributed by atoms with Gasteiger partial charge in [0.25, 0.3) is 0 Å². The number of benzene rings is 1. The largest absolute Gasteiger partial charge is 0.356 e. The molecule has 2 aliphatic heterocycles. The third-order valence-corrected chi connectivity index (χ3v) is 7.98. The molecule has 3 heterocycles. The quantitative estimate of drug-likeness (QED) is 0.713. The van der Waals surface area contributed by atoms with Crippen LogP contribution >= 0.6 is 11.6 Å². The van der Waals surface area contributed by atoms with E-state index in [1.165, 1.54) is 27.9 Å². The molecule has 2 N–H and O–H groups in total. The van der Waals surface area contributed by atoms with Gasteiger partial charge in [-0.25, -0.2) is 0 Å². The van der Waals surface area contributed by atoms with Crippen LogP contribution in [-0.2, 0) is 17.6 Å². The highest BCUT2D eigenvalue weighted by atomic mass is 35.5. The lowest BCUT2D eigenvalue weighted by atomic mass is 9.90. The summed E-state index contributed by atoms with van der Waals surface area (Å²) in [5.41, 5.74) is 6.37. The van der Waals surface area contributed by atoms with Gasteiger partial charge < -0.3 is 10.6 Å². The molecule has 0 saturated carbocycles. The summed E-state index contributed by atoms with van der Waals surface area (Å²) in [4.78, 5) is 20.3. The van der Waals surface area contributed by atoms with Gasteiger partial charge in [0.15, 0.2) is 0 Å². The summed E-state index contributed by atoms with van der Waals surface area (Å²) in [6.45, 7) is 6.91. The van der Waals surface area contributed by atoms with Crippen molar-refractivity contribution in [2.75, 3.05) is 32.7 Å². The molecule has 3 aliphatic rings. The van der Waals surface area contributed by atoms with Gasteiger partial charge in [-0.2, -0.15) is 0 Å². The third kappa shape index (κ3) is 5.11. The van der Waals surface area contributed by atoms with Crippen molar-refractivity contribution in [1.29, 1.82) is 0 Å². The Kier molecular flexibility index (Phi) is 7.00. The van der Waals surface area contributed by atoms with Crippen molar-refractivity contribution in [3.05, 3.63) is 63.4 Å². The number of piperidine rings is 2. The Morgan fingerprint density at radius 3 is 2.67 bits per heavy atom. The molecule has 0 bridgehead atoms. The second kappa shape index (κ2) is 10.1. The number of hydrogen-bond acceptors (Lipinski definition) is 4. The van der Waals surface area contributed by atoms with Gasteiger partial charge in [0, 0.05) is 23.7 Å². The number of likely N-dealkylation sites (tertiary alicyclic amines) is 1. The van der Waals surface area contributed by atoms with Gasteiger partial charge in [0.1, 0.15) is 0 Å². The van der Waals surface area contributed by atoms with Crippen molar-refractivity contribution < 1.29 is 4.79 Å². The van der Waals surface area contributed by atoms with Crippen LogP contribution in [0, 0.1) is 18.8 Å². The van der Waals surface area contributed by atoms with Crippen LogP contribution in [0.2, 0.25) is 5.02 Å². The summed E-state index contributed by atoms with van der Waals surface area (Å²) in [7, 11) is 0. The fourth-order valence-electron chi connectivity index (χ4n) is 5.83. The second-order valence-electron chi connectivity index (χ2n) is 10.1. The summed E-state index contributed by atoms with van der Waals surface area (Å²) in [5.74, 6) is 0.981. The van der Waals surface area contributed by atoms with Crippen LogP contribution in [0.3, 0.4) is 0 Å². The van der Waals surface area contributed by atoms with E-state index >= 15 is 0 Å². The average molecular weight is 467 g/mol. The van der Waals surface area contributed by atoms with E-state index in [0.717, 1.165) is 76.3 Å². The second-order valence-corrected chi connectivity index (χ2v) is 10.5. The molecule has 5 rings (SSSR count). The molecule has 6 heteroatoms. The molecular formula is C27H35ClN4O. The summed E-state index contributed by atoms with van der Waals surface area (Å²) in [6.07, 6.45) is 8.10. The molecule has 1 aromatic heterocycles. The molecule has 1 atom stereocenters. The predicted octanol–water partition coefficient (Wildman–Crippen LogP) is 4.06. The minimum absolute atomic E-state index is 0.115. The zero-order chi connectivity index (χ0) is 22.8. The van der Waals surface area contributed by atoms with Crippen molar-refractivity contribution >= 4 is 17.5 Å². The number of carbonyl (C=O) groups excluding carboxylic acids is 1. The highest BCUT2D eigenvalue weighted by Gasteiger charge is 2.34. The Hall–Kier alpha value is -1.95. The monoisotopic (exact) mass is 466 g/mol. The Morgan fingerprint density at radius 2 is 1.88 bits per heavy atom. The van der Waals surface area contributed by atoms with Crippen LogP contribution in [0.25, 0.3) is 0 Å². The van der Waals surface area contributed by atoms with Crippen LogP contribution in [0.15, 0.2) is 30.5 Å². The first kappa shape index (κ1) is 22.8. The molecule has 33 heavy (non-hydrogen) atoms. The molecule has 2 saturated heterocycles. The van der Waals surface area contributed by atoms with E-state index in [1.807, 2.05) is 12.3 Å². The van der Waals surface area contributed by atoms with Crippen LogP contribution in [-0.4, -0.2) is 48.5 Å². The van der Waals surface area contributed by atoms with E-state index in [-0.39, 0.29) is 17.9 Å². The Labute approximate surface area is 202 Å². The molecule has 1 unspecified atom stereocenters. The SMILES string of the molecule is Cc1cnc2c(c1)CCc1cc(Cl)ccc1C2N1CCC(C(=O)NCC2CCNCC2)CC1. The van der Waals surface area contributed by atoms with Crippen LogP contribution in [0.5, 0.6) is 0 Å². The standard InChI is InChI=1S/C27H35ClN4O/c1-18-14-22-3-2-21-15-23(28)4-5-24(21)26(25(22)30-16-18)32-12-8-20(9-13-32)27(33)31-17-19-6-10-29-11-7-19/h4-5,14-16,19-20,26,29H,2-3,6-13,17H2,1H3,(H,31,33). The number of nitrogens with zero attached hydrogens (tertiary/aromatic N) is 2. The van der Waals surface area contributed by atoms with Gasteiger partial charge in [0.2, 0.25) is 5.91 Å². The molecule has 176 valence electrons. The van der Waals surface area contributed by atoms with E-state index < -0.39 is 0 Å². The highest BCUT2D eigenvalue weighted by Crippen LogP contribution is 2.38. The lowest BCUT2D eigenvalue weighted by Gasteiger charge is -2.38. The predicted molar refractivity (Wildman–Crippen MR) is 133 cm³/mol. The molecule has 2 fully saturated rings. The first-order valence-electron chi connectivity index (χ1n) is 12.5. The number of carbonyl (C=O) groups is 1. The van der Waals surface area contributed by atoms with E-state index in [2.05, 4.69) is 40.7 Å². The van der Waals surface area contributed by atoms with Gasteiger partial charge >= 0.3 is 0 Å². The maximum absolute atomic E-state index is 12.9. The van der Waals surface area contributed by atoms with E-state index in [0.29, 0.717) is 5.92 Å². The number of pyridine rings is 1. The van der Waals surface area contributed by atoms with Crippen LogP contribution in [0.4, 0.5) is 0 Å². The first-order chi connectivity index (χ1) is 16.1. The number of aryl methyl sites for hydroxylation is 3. The summed E-state index contributed by atoms with van der Waals surface area (Å²) >= 11 is 6.36. The van der Waals surface area contributed by atoms with Crippen molar-refractivity contribution in [1.82, 2.24) is 20.5 Å². The van der Waals surface area contributed by atoms with Crippen LogP contribution < -0.4 is 10.6 Å². The normalized spacial score (nSPS) is 22.3. The van der Waals surface area contributed by atoms with Gasteiger partial charge in [-0.3, -0.25) is 14.7 Å². The van der Waals surface area contributed by atoms with Crippen molar-refractivity contribution in [3.8, 4) is 0 Å². The van der Waals surface area contributed by atoms with Crippen LogP contribution in [0.1, 0.15) is 59.7 Å². The molecular weight excluding hydrogens is 432 g/mol. The lowest BCUT2D eigenvalue weighted by molar-refractivity contribution is -0.126. The molecule has 1 aromatic carbocycles. The van der Waals surface area contributed by atoms with Crippen molar-refractivity contribution in [3.63, 3.8) is 0 Å². The number of halogens is 1. The average Bonchev–Trinajstić information content (AvgIpc) is 2.99. The fraction of sp³-hybridized carbons (Fsp3) is 0.556. The topological polar surface area (TPSA) is 57.3 Å². The number of rotatable bonds is 4. The Bertz CT molecular complexity index is 942. The summed E-state index contributed by atoms with van der Waals surface area (Å²) in [5, 5.41) is 7.45. The highest BCUT2D eigenvalue weighted by molar-refractivity contribution is 6.30. The maximum Gasteiger partial charge on any atom is 0.223 e. The fourth-order valence-corrected chi connectivity index (χ4v) is 6.02. The van der Waals surface area contributed by atoms with E-state index in [4.69, 9.17) is 16.6 Å². The number of aromatic nitrogens is 1. The lowest BCUT2D eigenvalue weighted by Crippen LogP contribution is -2.44. The first-order valence-corrected chi connectivity index (χ1v) is 12.9. The van der Waals surface area contributed by atoms with Gasteiger partial charge in [0.05, 0.1) is 11.7 Å². The van der Waals surface area contributed by atoms with E-state index in [1.54, 1.807) is 0 Å². The van der Waals surface area contributed by atoms with Gasteiger partial charge in [-0.05, 0) is 112 Å². The minimum Gasteiger partial charge on any atom is -0.356 e. The molecule has 0 radical (unpaired) electrons. The number of hydrogen-bond donors (Lipinski definition) is 2. The maximum atomic E-state index is 12.9. The smallest absolute Gasteiger partial charge is 0.223 e. The van der Waals surface area contributed by atoms with Gasteiger partial charge in [-0.15, -0.1) is 0 Å². The van der Waals surface area contributed by atoms with Crippen molar-refractivity contribution in [2.45, 2.75) is 51.5 Å².